The van der Waals surface area contributed by atoms with E-state index in [0.717, 1.165) is 0 Å². The number of nitrogens with one attached hydrogen (secondary N) is 1. The van der Waals surface area contributed by atoms with Crippen molar-refractivity contribution < 1.29 is 14.6 Å². The Hall–Kier alpha value is -1.53. The first-order chi connectivity index (χ1) is 8.63. The monoisotopic (exact) mass is 255 g/mol. The van der Waals surface area contributed by atoms with E-state index >= 15 is 0 Å². The predicted molar refractivity (Wildman–Crippen MR) is 70.8 cm³/mol. The van der Waals surface area contributed by atoms with Gasteiger partial charge in [0.25, 0.3) is 0 Å². The number of anilines is 2. The molecule has 0 aliphatic heterocycles. The van der Waals surface area contributed by atoms with Crippen LogP contribution in [0.15, 0.2) is 12.1 Å². The predicted octanol–water partition coefficient (Wildman–Crippen LogP) is 0.872. The van der Waals surface area contributed by atoms with E-state index in [-0.39, 0.29) is 12.7 Å². The van der Waals surface area contributed by atoms with Crippen LogP contribution in [0.3, 0.4) is 0 Å². The third kappa shape index (κ3) is 5.20. The van der Waals surface area contributed by atoms with E-state index in [1.54, 1.807) is 12.1 Å². The third-order valence-electron chi connectivity index (χ3n) is 2.03. The van der Waals surface area contributed by atoms with Crippen LogP contribution in [0.4, 0.5) is 11.5 Å². The lowest BCUT2D eigenvalue weighted by atomic mass is 10.4. The van der Waals surface area contributed by atoms with E-state index in [0.29, 0.717) is 37.1 Å². The van der Waals surface area contributed by atoms with Gasteiger partial charge in [0.15, 0.2) is 0 Å². The Morgan fingerprint density at radius 1 is 1.39 bits per heavy atom. The van der Waals surface area contributed by atoms with Crippen molar-refractivity contribution in [3.63, 3.8) is 0 Å². The molecule has 0 radical (unpaired) electrons. The molecule has 0 bridgehead atoms. The molecule has 0 amide bonds. The van der Waals surface area contributed by atoms with Gasteiger partial charge in [-0.1, -0.05) is 0 Å². The maximum Gasteiger partial charge on any atom is 0.239 e. The van der Waals surface area contributed by atoms with E-state index < -0.39 is 0 Å². The summed E-state index contributed by atoms with van der Waals surface area (Å²) in [5.74, 6) is 1.12. The molecule has 0 aliphatic carbocycles. The number of nitrogens with two attached hydrogens (primary N) is 1. The summed E-state index contributed by atoms with van der Waals surface area (Å²) < 4.78 is 10.6. The smallest absolute Gasteiger partial charge is 0.239 e. The second-order valence-corrected chi connectivity index (χ2v) is 4.02. The van der Waals surface area contributed by atoms with E-state index in [4.69, 9.17) is 20.3 Å². The van der Waals surface area contributed by atoms with Gasteiger partial charge >= 0.3 is 0 Å². The van der Waals surface area contributed by atoms with Crippen molar-refractivity contribution >= 4 is 11.5 Å². The highest BCUT2D eigenvalue weighted by Crippen LogP contribution is 2.21. The van der Waals surface area contributed by atoms with Crippen LogP contribution in [0.5, 0.6) is 5.88 Å². The number of hydrogen-bond acceptors (Lipinski definition) is 6. The third-order valence-corrected chi connectivity index (χ3v) is 2.03. The van der Waals surface area contributed by atoms with Gasteiger partial charge in [-0.2, -0.15) is 4.98 Å². The summed E-state index contributed by atoms with van der Waals surface area (Å²) in [7, 11) is 0. The van der Waals surface area contributed by atoms with Gasteiger partial charge in [-0.15, -0.1) is 0 Å². The van der Waals surface area contributed by atoms with E-state index in [1.165, 1.54) is 0 Å². The highest BCUT2D eigenvalue weighted by atomic mass is 16.5. The van der Waals surface area contributed by atoms with Gasteiger partial charge in [0.2, 0.25) is 5.88 Å². The molecule has 0 spiro atoms. The van der Waals surface area contributed by atoms with Crippen LogP contribution in [0.25, 0.3) is 0 Å². The maximum atomic E-state index is 8.55. The fourth-order valence-electron chi connectivity index (χ4n) is 1.29. The molecule has 6 nitrogen and oxygen atoms in total. The van der Waals surface area contributed by atoms with Crippen LogP contribution >= 0.6 is 0 Å². The summed E-state index contributed by atoms with van der Waals surface area (Å²) in [6.07, 6.45) is 0.0305. The Morgan fingerprint density at radius 2 is 2.17 bits per heavy atom. The minimum Gasteiger partial charge on any atom is -0.473 e. The normalized spacial score (nSPS) is 10.7. The van der Waals surface area contributed by atoms with Crippen LogP contribution in [0.1, 0.15) is 13.8 Å². The summed E-state index contributed by atoms with van der Waals surface area (Å²) in [5.41, 5.74) is 6.28. The van der Waals surface area contributed by atoms with Gasteiger partial charge in [-0.25, -0.2) is 0 Å². The highest BCUT2D eigenvalue weighted by Gasteiger charge is 2.06. The maximum absolute atomic E-state index is 8.55. The lowest BCUT2D eigenvalue weighted by molar-refractivity contribution is 0.0992. The molecule has 0 atom stereocenters. The van der Waals surface area contributed by atoms with Gasteiger partial charge < -0.3 is 25.6 Å². The molecule has 1 heterocycles. The fraction of sp³-hybridized carbons (Fsp3) is 0.583. The Labute approximate surface area is 107 Å². The lowest BCUT2D eigenvalue weighted by Gasteiger charge is -2.13. The zero-order valence-electron chi connectivity index (χ0n) is 10.8. The van der Waals surface area contributed by atoms with Crippen LogP contribution < -0.4 is 15.8 Å². The van der Waals surface area contributed by atoms with Crippen molar-refractivity contribution in [2.45, 2.75) is 20.0 Å². The van der Waals surface area contributed by atoms with Crippen molar-refractivity contribution in [1.29, 1.82) is 0 Å². The number of aromatic nitrogens is 1. The standard InChI is InChI=1S/C12H21N3O3/c1-9(2)18-12-10(13)3-4-11(15-12)14-5-7-17-8-6-16/h3-4,9,16H,5-8,13H2,1-2H3,(H,14,15). The van der Waals surface area contributed by atoms with Crippen molar-refractivity contribution in [2.75, 3.05) is 37.4 Å². The fourth-order valence-corrected chi connectivity index (χ4v) is 1.29. The number of ether oxygens (including phenoxy) is 2. The zero-order valence-corrected chi connectivity index (χ0v) is 10.8. The quantitative estimate of drug-likeness (QED) is 0.597. The summed E-state index contributed by atoms with van der Waals surface area (Å²) in [5, 5.41) is 11.6. The lowest BCUT2D eigenvalue weighted by Crippen LogP contribution is -2.13. The molecule has 4 N–H and O–H groups in total. The first-order valence-electron chi connectivity index (χ1n) is 5.99. The second kappa shape index (κ2) is 7.73. The molecule has 0 saturated carbocycles. The SMILES string of the molecule is CC(C)Oc1nc(NCCOCCO)ccc1N. The van der Waals surface area contributed by atoms with Gasteiger partial charge in [-0.05, 0) is 26.0 Å². The average Bonchev–Trinajstić information content (AvgIpc) is 2.32. The number of nitrogen functional groups attached to an aromatic ring is 1. The minimum atomic E-state index is 0.0305. The van der Waals surface area contributed by atoms with Gasteiger partial charge in [0, 0.05) is 6.54 Å². The zero-order chi connectivity index (χ0) is 13.4. The van der Waals surface area contributed by atoms with Crippen LogP contribution in [0, 0.1) is 0 Å². The van der Waals surface area contributed by atoms with Crippen LogP contribution in [0.2, 0.25) is 0 Å². The van der Waals surface area contributed by atoms with Crippen molar-refractivity contribution in [2.24, 2.45) is 0 Å². The Kier molecular flexibility index (Phi) is 6.24. The largest absolute Gasteiger partial charge is 0.473 e. The highest BCUT2D eigenvalue weighted by molar-refractivity contribution is 5.53. The first kappa shape index (κ1) is 14.5. The molecular weight excluding hydrogens is 234 g/mol. The van der Waals surface area contributed by atoms with Gasteiger partial charge in [-0.3, -0.25) is 0 Å². The summed E-state index contributed by atoms with van der Waals surface area (Å²) in [4.78, 5) is 4.27. The van der Waals surface area contributed by atoms with Crippen LogP contribution in [-0.2, 0) is 4.74 Å². The number of pyridine rings is 1. The molecule has 0 aliphatic rings. The Bertz CT molecular complexity index is 358. The molecule has 1 aromatic heterocycles. The number of aliphatic hydroxyl groups is 1. The summed E-state index contributed by atoms with van der Waals surface area (Å²) in [6, 6.07) is 3.54. The summed E-state index contributed by atoms with van der Waals surface area (Å²) >= 11 is 0. The number of aliphatic hydroxyl groups excluding tert-OH is 1. The Balaban J connectivity index is 2.46. The molecule has 0 fully saturated rings. The van der Waals surface area contributed by atoms with Crippen molar-refractivity contribution in [1.82, 2.24) is 4.98 Å². The molecule has 0 unspecified atom stereocenters. The molecule has 0 aromatic carbocycles. The number of hydrogen-bond donors (Lipinski definition) is 3. The number of rotatable bonds is 8. The van der Waals surface area contributed by atoms with E-state index in [9.17, 15) is 0 Å². The molecule has 1 aromatic rings. The van der Waals surface area contributed by atoms with Crippen LogP contribution in [-0.4, -0.2) is 42.6 Å². The van der Waals surface area contributed by atoms with E-state index in [1.807, 2.05) is 13.8 Å². The van der Waals surface area contributed by atoms with Crippen molar-refractivity contribution in [3.8, 4) is 5.88 Å². The summed E-state index contributed by atoms with van der Waals surface area (Å²) in [6.45, 7) is 5.34. The Morgan fingerprint density at radius 3 is 2.83 bits per heavy atom. The van der Waals surface area contributed by atoms with Gasteiger partial charge in [0.1, 0.15) is 5.82 Å². The topological polar surface area (TPSA) is 89.6 Å². The first-order valence-corrected chi connectivity index (χ1v) is 5.99. The molecule has 0 saturated heterocycles. The molecular formula is C12H21N3O3. The van der Waals surface area contributed by atoms with E-state index in [2.05, 4.69) is 10.3 Å². The van der Waals surface area contributed by atoms with Gasteiger partial charge in [0.05, 0.1) is 31.6 Å². The molecule has 6 heteroatoms. The molecule has 1 rings (SSSR count). The van der Waals surface area contributed by atoms with Crippen molar-refractivity contribution in [3.05, 3.63) is 12.1 Å². The second-order valence-electron chi connectivity index (χ2n) is 4.02. The minimum absolute atomic E-state index is 0.0305. The molecule has 102 valence electrons. The molecule has 18 heavy (non-hydrogen) atoms. The number of nitrogens with zero attached hydrogens (tertiary/aromatic N) is 1. The average molecular weight is 255 g/mol.